The molecular weight excluding hydrogens is 439 g/mol. The van der Waals surface area contributed by atoms with Crippen molar-refractivity contribution in [2.45, 2.75) is 45.8 Å². The summed E-state index contributed by atoms with van der Waals surface area (Å²) in [5, 5.41) is 3.73. The van der Waals surface area contributed by atoms with E-state index in [0.29, 0.717) is 21.5 Å². The zero-order valence-electron chi connectivity index (χ0n) is 18.2. The number of para-hydroxylation sites is 2. The number of hydrogen-bond acceptors (Lipinski definition) is 4. The summed E-state index contributed by atoms with van der Waals surface area (Å²) >= 11 is 12.1. The number of ether oxygens (including phenoxy) is 2. The molecular formula is C23H28Cl2N2O4. The summed E-state index contributed by atoms with van der Waals surface area (Å²) in [5.41, 5.74) is 0.753. The Morgan fingerprint density at radius 3 is 2.35 bits per heavy atom. The summed E-state index contributed by atoms with van der Waals surface area (Å²) in [6.45, 7) is 5.52. The van der Waals surface area contributed by atoms with Gasteiger partial charge in [0.15, 0.2) is 18.1 Å². The third-order valence-electron chi connectivity index (χ3n) is 4.93. The molecule has 31 heavy (non-hydrogen) atoms. The van der Waals surface area contributed by atoms with E-state index in [1.165, 1.54) is 12.0 Å². The molecule has 1 N–H and O–H groups in total. The number of nitrogens with zero attached hydrogens (tertiary/aromatic N) is 1. The van der Waals surface area contributed by atoms with E-state index in [-0.39, 0.29) is 31.0 Å². The van der Waals surface area contributed by atoms with Gasteiger partial charge >= 0.3 is 0 Å². The maximum Gasteiger partial charge on any atom is 0.261 e. The highest BCUT2D eigenvalue weighted by Gasteiger charge is 2.27. The van der Waals surface area contributed by atoms with Crippen LogP contribution in [0.2, 0.25) is 10.0 Å². The first-order chi connectivity index (χ1) is 14.8. The Balaban J connectivity index is 2.21. The largest absolute Gasteiger partial charge is 0.493 e. The quantitative estimate of drug-likeness (QED) is 0.550. The van der Waals surface area contributed by atoms with E-state index >= 15 is 0 Å². The van der Waals surface area contributed by atoms with Crippen molar-refractivity contribution in [2.75, 3.05) is 13.7 Å². The van der Waals surface area contributed by atoms with Crippen LogP contribution in [0.5, 0.6) is 11.5 Å². The lowest BCUT2D eigenvalue weighted by Crippen LogP contribution is -2.50. The predicted octanol–water partition coefficient (Wildman–Crippen LogP) is 4.71. The van der Waals surface area contributed by atoms with Crippen LogP contribution in [0.3, 0.4) is 0 Å². The van der Waals surface area contributed by atoms with Gasteiger partial charge in [0.25, 0.3) is 5.91 Å². The molecule has 0 aliphatic rings. The van der Waals surface area contributed by atoms with Crippen molar-refractivity contribution in [1.29, 1.82) is 0 Å². The first-order valence-electron chi connectivity index (χ1n) is 10.1. The number of halogens is 2. The number of benzene rings is 2. The molecule has 2 aromatic carbocycles. The van der Waals surface area contributed by atoms with Gasteiger partial charge in [-0.05, 0) is 50.1 Å². The zero-order valence-corrected chi connectivity index (χ0v) is 19.7. The molecule has 0 unspecified atom stereocenters. The molecule has 0 fully saturated rings. The lowest BCUT2D eigenvalue weighted by molar-refractivity contribution is -0.142. The maximum absolute atomic E-state index is 13.1. The SMILES string of the molecule is CC[C@@H](C)NC(=O)[C@@H](C)N(Cc1ccc(Cl)c(Cl)c1)C(=O)COc1ccccc1OC. The van der Waals surface area contributed by atoms with Gasteiger partial charge in [0.1, 0.15) is 6.04 Å². The number of carbonyl (C=O) groups is 2. The monoisotopic (exact) mass is 466 g/mol. The van der Waals surface area contributed by atoms with Gasteiger partial charge in [-0.3, -0.25) is 9.59 Å². The van der Waals surface area contributed by atoms with E-state index in [1.807, 2.05) is 19.9 Å². The molecule has 0 bridgehead atoms. The van der Waals surface area contributed by atoms with Gasteiger partial charge in [0.05, 0.1) is 17.2 Å². The van der Waals surface area contributed by atoms with Crippen molar-refractivity contribution in [1.82, 2.24) is 10.2 Å². The van der Waals surface area contributed by atoms with Gasteiger partial charge in [-0.2, -0.15) is 0 Å². The summed E-state index contributed by atoms with van der Waals surface area (Å²) in [5.74, 6) is 0.391. The van der Waals surface area contributed by atoms with E-state index in [0.717, 1.165) is 12.0 Å². The predicted molar refractivity (Wildman–Crippen MR) is 123 cm³/mol. The van der Waals surface area contributed by atoms with Gasteiger partial charge in [0, 0.05) is 12.6 Å². The molecule has 2 aromatic rings. The standard InChI is InChI=1S/C23H28Cl2N2O4/c1-5-15(2)26-23(29)16(3)27(13-17-10-11-18(24)19(25)12-17)22(28)14-31-21-9-7-6-8-20(21)30-4/h6-12,15-16H,5,13-14H2,1-4H3,(H,26,29)/t15-,16-/m1/s1. The molecule has 6 nitrogen and oxygen atoms in total. The van der Waals surface area contributed by atoms with E-state index in [1.54, 1.807) is 43.3 Å². The lowest BCUT2D eigenvalue weighted by atomic mass is 10.1. The Labute approximate surface area is 193 Å². The van der Waals surface area contributed by atoms with Gasteiger partial charge in [-0.1, -0.05) is 48.3 Å². The Kier molecular flexibility index (Phi) is 9.46. The van der Waals surface area contributed by atoms with Crippen molar-refractivity contribution < 1.29 is 19.1 Å². The van der Waals surface area contributed by atoms with Crippen LogP contribution in [0.4, 0.5) is 0 Å². The third kappa shape index (κ3) is 7.04. The van der Waals surface area contributed by atoms with Crippen LogP contribution in [0, 0.1) is 0 Å². The average Bonchev–Trinajstić information content (AvgIpc) is 2.77. The van der Waals surface area contributed by atoms with Gasteiger partial charge in [-0.15, -0.1) is 0 Å². The molecule has 0 aliphatic heterocycles. The van der Waals surface area contributed by atoms with Crippen LogP contribution in [0.15, 0.2) is 42.5 Å². The van der Waals surface area contributed by atoms with Crippen LogP contribution in [-0.2, 0) is 16.1 Å². The minimum Gasteiger partial charge on any atom is -0.493 e. The van der Waals surface area contributed by atoms with Crippen molar-refractivity contribution >= 4 is 35.0 Å². The summed E-state index contributed by atoms with van der Waals surface area (Å²) in [4.78, 5) is 27.3. The second kappa shape index (κ2) is 11.8. The van der Waals surface area contributed by atoms with E-state index < -0.39 is 6.04 Å². The van der Waals surface area contributed by atoms with E-state index in [2.05, 4.69) is 5.32 Å². The highest BCUT2D eigenvalue weighted by atomic mass is 35.5. The fraction of sp³-hybridized carbons (Fsp3) is 0.391. The molecule has 2 rings (SSSR count). The van der Waals surface area contributed by atoms with Crippen molar-refractivity contribution in [3.8, 4) is 11.5 Å². The topological polar surface area (TPSA) is 67.9 Å². The van der Waals surface area contributed by atoms with Crippen LogP contribution in [0.1, 0.15) is 32.8 Å². The Morgan fingerprint density at radius 2 is 1.74 bits per heavy atom. The number of amides is 2. The molecule has 0 spiro atoms. The third-order valence-corrected chi connectivity index (χ3v) is 5.66. The normalized spacial score (nSPS) is 12.6. The molecule has 0 aromatic heterocycles. The average molecular weight is 467 g/mol. The number of hydrogen-bond donors (Lipinski definition) is 1. The molecule has 168 valence electrons. The maximum atomic E-state index is 13.1. The first-order valence-corrected chi connectivity index (χ1v) is 10.8. The van der Waals surface area contributed by atoms with Gasteiger partial charge in [-0.25, -0.2) is 0 Å². The number of methoxy groups -OCH3 is 1. The van der Waals surface area contributed by atoms with Crippen molar-refractivity contribution in [3.63, 3.8) is 0 Å². The molecule has 0 saturated heterocycles. The molecule has 8 heteroatoms. The van der Waals surface area contributed by atoms with Crippen LogP contribution in [-0.4, -0.2) is 42.5 Å². The first kappa shape index (κ1) is 24.8. The van der Waals surface area contributed by atoms with E-state index in [4.69, 9.17) is 32.7 Å². The summed E-state index contributed by atoms with van der Waals surface area (Å²) < 4.78 is 10.9. The molecule has 0 aliphatic carbocycles. The number of rotatable bonds is 10. The van der Waals surface area contributed by atoms with Crippen LogP contribution in [0.25, 0.3) is 0 Å². The number of carbonyl (C=O) groups excluding carboxylic acids is 2. The van der Waals surface area contributed by atoms with Crippen molar-refractivity contribution in [3.05, 3.63) is 58.1 Å². The second-order valence-electron chi connectivity index (χ2n) is 7.20. The molecule has 0 radical (unpaired) electrons. The van der Waals surface area contributed by atoms with Gasteiger partial charge in [0.2, 0.25) is 5.91 Å². The zero-order chi connectivity index (χ0) is 23.0. The van der Waals surface area contributed by atoms with Gasteiger partial charge < -0.3 is 19.7 Å². The molecule has 2 atom stereocenters. The Bertz CT molecular complexity index is 907. The highest BCUT2D eigenvalue weighted by molar-refractivity contribution is 6.42. The second-order valence-corrected chi connectivity index (χ2v) is 8.02. The van der Waals surface area contributed by atoms with E-state index in [9.17, 15) is 9.59 Å². The fourth-order valence-corrected chi connectivity index (χ4v) is 3.16. The van der Waals surface area contributed by atoms with Crippen LogP contribution >= 0.6 is 23.2 Å². The highest BCUT2D eigenvalue weighted by Crippen LogP contribution is 2.26. The summed E-state index contributed by atoms with van der Waals surface area (Å²) in [6, 6.07) is 11.5. The van der Waals surface area contributed by atoms with Crippen molar-refractivity contribution in [2.24, 2.45) is 0 Å². The fourth-order valence-electron chi connectivity index (χ4n) is 2.84. The Hall–Kier alpha value is -2.44. The lowest BCUT2D eigenvalue weighted by Gasteiger charge is -2.29. The van der Waals surface area contributed by atoms with Crippen LogP contribution < -0.4 is 14.8 Å². The minimum absolute atomic E-state index is 0.00158. The summed E-state index contributed by atoms with van der Waals surface area (Å²) in [7, 11) is 1.53. The molecule has 0 saturated carbocycles. The number of nitrogens with one attached hydrogen (secondary N) is 1. The minimum atomic E-state index is -0.711. The molecule has 2 amide bonds. The molecule has 0 heterocycles. The summed E-state index contributed by atoms with van der Waals surface area (Å²) in [6.07, 6.45) is 0.788. The smallest absolute Gasteiger partial charge is 0.261 e. The Morgan fingerprint density at radius 1 is 1.06 bits per heavy atom.